The first-order valence-corrected chi connectivity index (χ1v) is 43.4. The van der Waals surface area contributed by atoms with Crippen LogP contribution < -0.4 is 0 Å². The molecule has 774 valence electrons. The number of aromatic hydroxyl groups is 42. The zero-order valence-electron chi connectivity index (χ0n) is 76.5. The van der Waals surface area contributed by atoms with E-state index in [0.29, 0.717) is 27.8 Å². The predicted octanol–water partition coefficient (Wildman–Crippen LogP) is 15.1. The Kier molecular flexibility index (Phi) is 30.0. The molecule has 0 aromatic heterocycles. The molecule has 2 unspecified atom stereocenters. The highest BCUT2D eigenvalue weighted by Crippen LogP contribution is 2.60. The van der Waals surface area contributed by atoms with Crippen LogP contribution in [0.5, 0.6) is 241 Å². The van der Waals surface area contributed by atoms with Gasteiger partial charge in [0.15, 0.2) is 121 Å². The molecule has 17 aromatic carbocycles. The van der Waals surface area contributed by atoms with Crippen molar-refractivity contribution in [2.75, 3.05) is 0 Å². The van der Waals surface area contributed by atoms with Crippen LogP contribution in [0.3, 0.4) is 0 Å². The summed E-state index contributed by atoms with van der Waals surface area (Å²) in [6, 6.07) is 50.6. The van der Waals surface area contributed by atoms with Crippen LogP contribution >= 0.6 is 0 Å². The molecule has 0 aliphatic rings. The SMILES string of the molecule is Oc1cc(O)c(C(c2ccc(O)c(O)c2)c2c(O)cc(O)c(C(c3ccc(O)c(O)c3)c3c(O)cc(O)cc3O)c2O)c(O)c1.Oc1ccc(C(c2c(O)cc(O)cc2O)c2c(O)cc(O)cc2O)cc1.Oc1ccc(C(c2ccc(O)c(O)c2)c2cc(O)c(O)c(O)c2)cc1O.Oc1ccc(C(c2ccc(O)c(O)c2O)c2ccc(O)c(O)c2O)cc1.Oc1ccc(C(c2ccc(O)c(O)c2O)c2ccc(O)c(O)c2O)cc1O. The lowest BCUT2D eigenvalue weighted by Gasteiger charge is -2.28. The topological polar surface area (TPSA) is 850 Å². The van der Waals surface area contributed by atoms with Crippen LogP contribution in [0.4, 0.5) is 0 Å². The Morgan fingerprint density at radius 2 is 0.273 bits per heavy atom. The number of rotatable bonds is 18. The Morgan fingerprint density at radius 1 is 0.0933 bits per heavy atom. The second kappa shape index (κ2) is 42.6. The van der Waals surface area contributed by atoms with Crippen LogP contribution in [0, 0.1) is 0 Å². The van der Waals surface area contributed by atoms with Crippen molar-refractivity contribution >= 4 is 0 Å². The Labute approximate surface area is 842 Å². The van der Waals surface area contributed by atoms with Gasteiger partial charge in [-0.15, -0.1) is 0 Å². The van der Waals surface area contributed by atoms with Gasteiger partial charge in [-0.1, -0.05) is 78.9 Å². The fourth-order valence-electron chi connectivity index (χ4n) is 16.9. The first kappa shape index (κ1) is 106. The van der Waals surface area contributed by atoms with E-state index in [4.69, 9.17) is 0 Å². The largest absolute Gasteiger partial charge is 0.508 e. The fourth-order valence-corrected chi connectivity index (χ4v) is 16.9. The standard InChI is InChI=1S/C32H26O13.C19H16O8.3C19H16O7/c33-14-7-20(39)28(21(40)8-14)26(12-1-3-16(35)18(37)5-12)30-24(43)11-25(44)31(32(30)45)27(13-2-4-17(36)19(38)6-13)29-22(41)9-15(34)10-23(29)42;20-11-4-1-8(7-14(11)23)15(9-2-5-12(21)18(26)16(9)24)10-3-6-13(22)19(27)17(10)25;20-12-3-1-9(5-14(12)22)18(10-2-4-13(21)15(23)6-10)11-7-16(24)19(26)17(25)8-11;20-10-3-1-9(2-4-10)17(18-13(23)5-11(21)6-14(18)24)19-15(25)7-12(22)8-16(19)26;20-10-3-1-9(2-4-10)15(11-5-7-13(21)18(25)16(11)23)12-6-8-14(22)19(26)17(12)24/h1-11,26-27,33-45H;1-7,15,20-27H;1-8,18,20-26H;1-8,17,20-26H;1-8,15,20-26H. The molecule has 0 amide bonds. The van der Waals surface area contributed by atoms with Crippen LogP contribution in [0.1, 0.15) is 136 Å². The molecule has 17 rings (SSSR count). The normalized spacial score (nSPS) is 11.4. The van der Waals surface area contributed by atoms with Gasteiger partial charge < -0.3 is 214 Å². The predicted molar refractivity (Wildman–Crippen MR) is 525 cm³/mol. The Morgan fingerprint density at radius 3 is 0.507 bits per heavy atom. The van der Waals surface area contributed by atoms with Gasteiger partial charge >= 0.3 is 0 Å². The third-order valence-corrected chi connectivity index (χ3v) is 24.0. The molecule has 0 bridgehead atoms. The number of phenolic OH excluding ortho intramolecular Hbond substituents is 42. The van der Waals surface area contributed by atoms with Crippen LogP contribution in [0.25, 0.3) is 0 Å². The van der Waals surface area contributed by atoms with E-state index in [1.807, 2.05) is 0 Å². The lowest BCUT2D eigenvalue weighted by molar-refractivity contribution is 0.360. The molecule has 0 spiro atoms. The summed E-state index contributed by atoms with van der Waals surface area (Å²) >= 11 is 0. The van der Waals surface area contributed by atoms with Crippen molar-refractivity contribution in [2.45, 2.75) is 35.5 Å². The number of phenols is 42. The highest BCUT2D eigenvalue weighted by Gasteiger charge is 2.39. The fraction of sp³-hybridized carbons (Fsp3) is 0.0556. The minimum Gasteiger partial charge on any atom is -0.508 e. The smallest absolute Gasteiger partial charge is 0.200 e. The molecule has 42 nitrogen and oxygen atoms in total. The average molecular weight is 2060 g/mol. The number of hydrogen-bond donors (Lipinski definition) is 42. The Balaban J connectivity index is 0.000000160. The van der Waals surface area contributed by atoms with Crippen molar-refractivity contribution in [1.82, 2.24) is 0 Å². The summed E-state index contributed by atoms with van der Waals surface area (Å²) in [4.78, 5) is 0. The summed E-state index contributed by atoms with van der Waals surface area (Å²) in [7, 11) is 0. The minimum absolute atomic E-state index is 0.00282. The minimum atomic E-state index is -1.60. The van der Waals surface area contributed by atoms with Gasteiger partial charge in [0.1, 0.15) is 97.7 Å². The van der Waals surface area contributed by atoms with Crippen LogP contribution in [-0.4, -0.2) is 214 Å². The number of benzene rings is 17. The van der Waals surface area contributed by atoms with Crippen LogP contribution in [-0.2, 0) is 0 Å². The highest BCUT2D eigenvalue weighted by atomic mass is 16.4. The first-order valence-electron chi connectivity index (χ1n) is 43.4. The van der Waals surface area contributed by atoms with E-state index in [1.165, 1.54) is 164 Å². The van der Waals surface area contributed by atoms with Gasteiger partial charge in [0.2, 0.25) is 23.0 Å². The van der Waals surface area contributed by atoms with Gasteiger partial charge in [0.05, 0.1) is 0 Å². The maximum absolute atomic E-state index is 11.9. The van der Waals surface area contributed by atoms with Crippen molar-refractivity contribution in [2.24, 2.45) is 0 Å². The monoisotopic (exact) mass is 2060 g/mol. The molecule has 0 radical (unpaired) electrons. The quantitative estimate of drug-likeness (QED) is 0.0280. The lowest BCUT2D eigenvalue weighted by atomic mass is 9.77. The van der Waals surface area contributed by atoms with Gasteiger partial charge in [-0.05, 0) is 166 Å². The summed E-state index contributed by atoms with van der Waals surface area (Å²) in [5.41, 5.74) is 0.672. The molecule has 2 atom stereocenters. The third kappa shape index (κ3) is 21.6. The molecule has 0 aliphatic heterocycles. The zero-order chi connectivity index (χ0) is 110. The van der Waals surface area contributed by atoms with Crippen molar-refractivity contribution in [1.29, 1.82) is 0 Å². The molecule has 42 heteroatoms. The molecule has 0 heterocycles. The first-order chi connectivity index (χ1) is 70.8. The van der Waals surface area contributed by atoms with E-state index in [9.17, 15) is 214 Å². The molecule has 0 saturated carbocycles. The molecule has 17 aromatic rings. The lowest BCUT2D eigenvalue weighted by Crippen LogP contribution is -2.10. The maximum Gasteiger partial charge on any atom is 0.200 e. The molecule has 0 saturated heterocycles. The molecule has 0 aliphatic carbocycles. The van der Waals surface area contributed by atoms with E-state index in [2.05, 4.69) is 0 Å². The second-order valence-corrected chi connectivity index (χ2v) is 33.6. The van der Waals surface area contributed by atoms with Crippen LogP contribution in [0.2, 0.25) is 0 Å². The molecular weight excluding hydrogens is 1970 g/mol. The highest BCUT2D eigenvalue weighted by molar-refractivity contribution is 5.74. The summed E-state index contributed by atoms with van der Waals surface area (Å²) in [5, 5.41) is 423. The summed E-state index contributed by atoms with van der Waals surface area (Å²) < 4.78 is 0. The van der Waals surface area contributed by atoms with E-state index >= 15 is 0 Å². The van der Waals surface area contributed by atoms with E-state index in [1.54, 1.807) is 0 Å². The zero-order valence-corrected chi connectivity index (χ0v) is 76.5. The van der Waals surface area contributed by atoms with E-state index < -0.39 is 253 Å². The molecule has 42 N–H and O–H groups in total. The second-order valence-electron chi connectivity index (χ2n) is 33.6. The third-order valence-electron chi connectivity index (χ3n) is 24.0. The molecule has 150 heavy (non-hydrogen) atoms. The average Bonchev–Trinajstić information content (AvgIpc) is 0.728. The molecule has 0 fully saturated rings. The summed E-state index contributed by atoms with van der Waals surface area (Å²) in [6.45, 7) is 0. The van der Waals surface area contributed by atoms with E-state index in [-0.39, 0.29) is 96.1 Å². The van der Waals surface area contributed by atoms with Gasteiger partial charge in [-0.2, -0.15) is 0 Å². The van der Waals surface area contributed by atoms with Crippen molar-refractivity contribution < 1.29 is 214 Å². The van der Waals surface area contributed by atoms with Gasteiger partial charge in [-0.3, -0.25) is 0 Å². The van der Waals surface area contributed by atoms with Gasteiger partial charge in [-0.25, -0.2) is 0 Å². The number of hydrogen-bond acceptors (Lipinski definition) is 42. The maximum atomic E-state index is 11.9. The summed E-state index contributed by atoms with van der Waals surface area (Å²) in [5.74, 6) is -30.3. The van der Waals surface area contributed by atoms with E-state index in [0.717, 1.165) is 91.0 Å². The summed E-state index contributed by atoms with van der Waals surface area (Å²) in [6.07, 6.45) is 0. The Hall–Kier alpha value is -21.7. The van der Waals surface area contributed by atoms with Crippen molar-refractivity contribution in [3.05, 3.63) is 355 Å². The van der Waals surface area contributed by atoms with Crippen LogP contribution in [0.15, 0.2) is 255 Å². The van der Waals surface area contributed by atoms with Crippen molar-refractivity contribution in [3.8, 4) is 241 Å². The Bertz CT molecular complexity index is 7550. The molecular formula is C108H90O42. The van der Waals surface area contributed by atoms with Crippen molar-refractivity contribution in [3.63, 3.8) is 0 Å². The van der Waals surface area contributed by atoms with Gasteiger partial charge in [0.25, 0.3) is 0 Å². The van der Waals surface area contributed by atoms with Gasteiger partial charge in [0, 0.05) is 146 Å².